The molecule has 6 nitrogen and oxygen atoms in total. The molecule has 2 aromatic carbocycles. The summed E-state index contributed by atoms with van der Waals surface area (Å²) in [6, 6.07) is 10.5. The minimum atomic E-state index is -0.348. The van der Waals surface area contributed by atoms with E-state index in [1.807, 2.05) is 0 Å². The molecule has 0 N–H and O–H groups in total. The number of thioether (sulfide) groups is 1. The Hall–Kier alpha value is -2.64. The predicted molar refractivity (Wildman–Crippen MR) is 102 cm³/mol. The molecule has 1 saturated heterocycles. The highest BCUT2D eigenvalue weighted by Gasteiger charge is 2.35. The molecule has 2 heterocycles. The average molecular weight is 404 g/mol. The Bertz CT molecular complexity index is 957. The fourth-order valence-corrected chi connectivity index (χ4v) is 3.73. The molecule has 4 rings (SSSR count). The Morgan fingerprint density at radius 2 is 1.89 bits per heavy atom. The molecule has 2 aromatic rings. The number of carbonyl (C=O) groups is 2. The molecule has 0 radical (unpaired) electrons. The third-order valence-electron chi connectivity index (χ3n) is 4.14. The van der Waals surface area contributed by atoms with Crippen LogP contribution in [0.2, 0.25) is 5.02 Å². The van der Waals surface area contributed by atoms with Crippen molar-refractivity contribution < 1.29 is 23.8 Å². The zero-order valence-electron chi connectivity index (χ0n) is 14.2. The number of nitrogens with zero attached hydrogens (tertiary/aromatic N) is 1. The first-order chi connectivity index (χ1) is 13.0. The van der Waals surface area contributed by atoms with Gasteiger partial charge in [0.2, 0.25) is 6.79 Å². The number of benzene rings is 2. The first-order valence-corrected chi connectivity index (χ1v) is 9.22. The molecular weight excluding hydrogens is 390 g/mol. The quantitative estimate of drug-likeness (QED) is 0.708. The lowest BCUT2D eigenvalue weighted by atomic mass is 10.1. The van der Waals surface area contributed by atoms with E-state index in [1.54, 1.807) is 42.5 Å². The summed E-state index contributed by atoms with van der Waals surface area (Å²) in [6.07, 6.45) is 1.63. The molecule has 0 bridgehead atoms. The summed E-state index contributed by atoms with van der Waals surface area (Å²) in [5.74, 6) is 1.34. The van der Waals surface area contributed by atoms with Crippen molar-refractivity contribution in [1.82, 2.24) is 4.90 Å². The summed E-state index contributed by atoms with van der Waals surface area (Å²) < 4.78 is 16.1. The summed E-state index contributed by atoms with van der Waals surface area (Å²) in [7, 11) is 1.53. The number of fused-ring (bicyclic) bond motifs is 1. The number of ether oxygens (including phenoxy) is 3. The van der Waals surface area contributed by atoms with Gasteiger partial charge in [0.15, 0.2) is 11.5 Å². The van der Waals surface area contributed by atoms with Crippen LogP contribution >= 0.6 is 23.4 Å². The maximum absolute atomic E-state index is 12.7. The van der Waals surface area contributed by atoms with Gasteiger partial charge >= 0.3 is 0 Å². The Morgan fingerprint density at radius 1 is 1.19 bits per heavy atom. The summed E-state index contributed by atoms with van der Waals surface area (Å²) in [4.78, 5) is 26.6. The number of carbonyl (C=O) groups excluding carboxylic acids is 2. The van der Waals surface area contributed by atoms with E-state index in [1.165, 1.54) is 12.0 Å². The van der Waals surface area contributed by atoms with E-state index < -0.39 is 0 Å². The number of methoxy groups -OCH3 is 1. The zero-order valence-corrected chi connectivity index (χ0v) is 15.8. The fraction of sp³-hybridized carbons (Fsp3) is 0.158. The van der Waals surface area contributed by atoms with E-state index in [-0.39, 0.29) is 24.5 Å². The molecule has 2 aliphatic heterocycles. The third-order valence-corrected chi connectivity index (χ3v) is 5.30. The van der Waals surface area contributed by atoms with Crippen LogP contribution in [0.3, 0.4) is 0 Å². The van der Waals surface area contributed by atoms with Gasteiger partial charge in [0, 0.05) is 16.7 Å². The number of halogens is 1. The number of imide groups is 1. The second kappa shape index (κ2) is 7.17. The Labute approximate surface area is 164 Å². The molecule has 138 valence electrons. The highest BCUT2D eigenvalue weighted by atomic mass is 35.5. The molecule has 1 fully saturated rings. The highest BCUT2D eigenvalue weighted by Crippen LogP contribution is 2.41. The van der Waals surface area contributed by atoms with E-state index in [2.05, 4.69) is 0 Å². The molecule has 0 spiro atoms. The van der Waals surface area contributed by atoms with E-state index in [9.17, 15) is 9.59 Å². The van der Waals surface area contributed by atoms with Gasteiger partial charge in [-0.3, -0.25) is 14.5 Å². The normalized spacial score (nSPS) is 17.1. The molecule has 0 aromatic heterocycles. The van der Waals surface area contributed by atoms with Crippen LogP contribution in [0, 0.1) is 0 Å². The maximum atomic E-state index is 12.7. The second-order valence-electron chi connectivity index (χ2n) is 5.84. The Balaban J connectivity index is 1.61. The Kier molecular flexibility index (Phi) is 4.72. The number of hydrogen-bond donors (Lipinski definition) is 0. The van der Waals surface area contributed by atoms with Gasteiger partial charge in [-0.1, -0.05) is 23.7 Å². The van der Waals surface area contributed by atoms with Crippen molar-refractivity contribution in [2.24, 2.45) is 0 Å². The van der Waals surface area contributed by atoms with Crippen molar-refractivity contribution in [3.8, 4) is 17.2 Å². The van der Waals surface area contributed by atoms with Crippen molar-refractivity contribution in [3.05, 3.63) is 57.5 Å². The average Bonchev–Trinajstić information content (AvgIpc) is 3.22. The van der Waals surface area contributed by atoms with Gasteiger partial charge in [-0.25, -0.2) is 0 Å². The topological polar surface area (TPSA) is 65.1 Å². The number of rotatable bonds is 4. The van der Waals surface area contributed by atoms with Gasteiger partial charge in [0.25, 0.3) is 11.1 Å². The summed E-state index contributed by atoms with van der Waals surface area (Å²) >= 11 is 6.77. The lowest BCUT2D eigenvalue weighted by Gasteiger charge is -2.12. The SMILES string of the molecule is COc1cc2c(cc1/C=C1\SC(=O)N(Cc3ccc(Cl)cc3)C1=O)OCO2. The largest absolute Gasteiger partial charge is 0.496 e. The van der Waals surface area contributed by atoms with Crippen molar-refractivity contribution in [1.29, 1.82) is 0 Å². The van der Waals surface area contributed by atoms with Gasteiger partial charge in [0.05, 0.1) is 18.6 Å². The molecule has 2 aliphatic rings. The van der Waals surface area contributed by atoms with Crippen LogP contribution in [0.1, 0.15) is 11.1 Å². The van der Waals surface area contributed by atoms with E-state index in [0.717, 1.165) is 17.3 Å². The van der Waals surface area contributed by atoms with Crippen LogP contribution in [0.4, 0.5) is 4.79 Å². The molecule has 0 unspecified atom stereocenters. The van der Waals surface area contributed by atoms with Crippen molar-refractivity contribution in [2.45, 2.75) is 6.54 Å². The van der Waals surface area contributed by atoms with Gasteiger partial charge in [-0.05, 0) is 41.6 Å². The van der Waals surface area contributed by atoms with Gasteiger partial charge in [0.1, 0.15) is 5.75 Å². The van der Waals surface area contributed by atoms with Crippen LogP contribution < -0.4 is 14.2 Å². The standard InChI is InChI=1S/C19H14ClNO5S/c1-24-14-8-16-15(25-10-26-16)6-12(14)7-17-18(22)21(19(23)27-17)9-11-2-4-13(20)5-3-11/h2-8H,9-10H2,1H3/b17-7-. The third kappa shape index (κ3) is 3.48. The summed E-state index contributed by atoms with van der Waals surface area (Å²) in [5.41, 5.74) is 1.46. The first-order valence-electron chi connectivity index (χ1n) is 8.02. The molecule has 2 amide bonds. The second-order valence-corrected chi connectivity index (χ2v) is 7.27. The van der Waals surface area contributed by atoms with Crippen molar-refractivity contribution in [3.63, 3.8) is 0 Å². The smallest absolute Gasteiger partial charge is 0.293 e. The van der Waals surface area contributed by atoms with Crippen LogP contribution in [0.5, 0.6) is 17.2 Å². The van der Waals surface area contributed by atoms with Gasteiger partial charge in [-0.2, -0.15) is 0 Å². The van der Waals surface area contributed by atoms with Gasteiger partial charge < -0.3 is 14.2 Å². The maximum Gasteiger partial charge on any atom is 0.293 e. The number of amides is 2. The van der Waals surface area contributed by atoms with Crippen LogP contribution in [0.15, 0.2) is 41.3 Å². The minimum Gasteiger partial charge on any atom is -0.496 e. The molecule has 0 atom stereocenters. The van der Waals surface area contributed by atoms with Crippen molar-refractivity contribution in [2.75, 3.05) is 13.9 Å². The van der Waals surface area contributed by atoms with E-state index >= 15 is 0 Å². The predicted octanol–water partition coefficient (Wildman–Crippen LogP) is 4.31. The summed E-state index contributed by atoms with van der Waals surface area (Å²) in [5, 5.41) is 0.281. The summed E-state index contributed by atoms with van der Waals surface area (Å²) in [6.45, 7) is 0.330. The lowest BCUT2D eigenvalue weighted by molar-refractivity contribution is -0.123. The lowest BCUT2D eigenvalue weighted by Crippen LogP contribution is -2.27. The Morgan fingerprint density at radius 3 is 2.59 bits per heavy atom. The zero-order chi connectivity index (χ0) is 19.0. The molecule has 0 saturated carbocycles. The fourth-order valence-electron chi connectivity index (χ4n) is 2.78. The van der Waals surface area contributed by atoms with Crippen LogP contribution in [-0.4, -0.2) is 29.9 Å². The van der Waals surface area contributed by atoms with E-state index in [4.69, 9.17) is 25.8 Å². The van der Waals surface area contributed by atoms with E-state index in [0.29, 0.717) is 32.7 Å². The molecule has 27 heavy (non-hydrogen) atoms. The van der Waals surface area contributed by atoms with Crippen molar-refractivity contribution >= 4 is 40.6 Å². The van der Waals surface area contributed by atoms with Crippen LogP contribution in [0.25, 0.3) is 6.08 Å². The van der Waals surface area contributed by atoms with Crippen LogP contribution in [-0.2, 0) is 11.3 Å². The van der Waals surface area contributed by atoms with Gasteiger partial charge in [-0.15, -0.1) is 0 Å². The molecular formula is C19H14ClNO5S. The minimum absolute atomic E-state index is 0.138. The number of hydrogen-bond acceptors (Lipinski definition) is 6. The first kappa shape index (κ1) is 17.8. The molecule has 0 aliphatic carbocycles. The molecule has 8 heteroatoms. The highest BCUT2D eigenvalue weighted by molar-refractivity contribution is 8.18. The monoisotopic (exact) mass is 403 g/mol.